The largest absolute Gasteiger partial charge is 0.504 e. The number of carboxylic acids is 1. The summed E-state index contributed by atoms with van der Waals surface area (Å²) >= 11 is 0. The average Bonchev–Trinajstić information content (AvgIpc) is 2.71. The number of non-ortho nitro benzene ring substituents is 1. The van der Waals surface area contributed by atoms with Crippen LogP contribution in [0.15, 0.2) is 24.4 Å². The summed E-state index contributed by atoms with van der Waals surface area (Å²) < 4.78 is 1.16. The third-order valence-electron chi connectivity index (χ3n) is 2.54. The van der Waals surface area contributed by atoms with Gasteiger partial charge >= 0.3 is 5.97 Å². The quantitative estimate of drug-likeness (QED) is 0.639. The SMILES string of the molecule is Cc1cc([N+](=O)[O-])ccc1-n1cc(O)c(C(=O)O)n1. The minimum Gasteiger partial charge on any atom is -0.504 e. The van der Waals surface area contributed by atoms with Crippen LogP contribution in [0.1, 0.15) is 16.1 Å². The molecule has 2 N–H and O–H groups in total. The molecule has 0 aliphatic heterocycles. The fourth-order valence-corrected chi connectivity index (χ4v) is 1.65. The van der Waals surface area contributed by atoms with Crippen LogP contribution in [0.5, 0.6) is 5.75 Å². The van der Waals surface area contributed by atoms with E-state index in [4.69, 9.17) is 5.11 Å². The Morgan fingerprint density at radius 3 is 2.63 bits per heavy atom. The summed E-state index contributed by atoms with van der Waals surface area (Å²) in [4.78, 5) is 20.9. The van der Waals surface area contributed by atoms with E-state index in [1.165, 1.54) is 18.2 Å². The average molecular weight is 263 g/mol. The summed E-state index contributed by atoms with van der Waals surface area (Å²) in [5, 5.41) is 32.5. The first-order valence-corrected chi connectivity index (χ1v) is 5.17. The summed E-state index contributed by atoms with van der Waals surface area (Å²) in [6.45, 7) is 1.63. The second-order valence-corrected chi connectivity index (χ2v) is 3.84. The number of nitro benzene ring substituents is 1. The highest BCUT2D eigenvalue weighted by molar-refractivity contribution is 5.88. The van der Waals surface area contributed by atoms with Crippen LogP contribution in [0, 0.1) is 17.0 Å². The predicted molar refractivity (Wildman–Crippen MR) is 63.6 cm³/mol. The lowest BCUT2D eigenvalue weighted by molar-refractivity contribution is -0.384. The van der Waals surface area contributed by atoms with Crippen molar-refractivity contribution in [3.05, 3.63) is 45.8 Å². The number of aromatic carboxylic acids is 1. The number of aryl methyl sites for hydroxylation is 1. The summed E-state index contributed by atoms with van der Waals surface area (Å²) in [6, 6.07) is 4.06. The highest BCUT2D eigenvalue weighted by Crippen LogP contribution is 2.23. The molecule has 19 heavy (non-hydrogen) atoms. The zero-order valence-electron chi connectivity index (χ0n) is 9.77. The van der Waals surface area contributed by atoms with Gasteiger partial charge in [-0.3, -0.25) is 10.1 Å². The minimum absolute atomic E-state index is 0.0731. The van der Waals surface area contributed by atoms with Crippen molar-refractivity contribution >= 4 is 11.7 Å². The van der Waals surface area contributed by atoms with Gasteiger partial charge in [-0.1, -0.05) is 0 Å². The third-order valence-corrected chi connectivity index (χ3v) is 2.54. The van der Waals surface area contributed by atoms with E-state index in [2.05, 4.69) is 5.10 Å². The van der Waals surface area contributed by atoms with Crippen LogP contribution >= 0.6 is 0 Å². The first kappa shape index (κ1) is 12.6. The fraction of sp³-hybridized carbons (Fsp3) is 0.0909. The van der Waals surface area contributed by atoms with Crippen LogP contribution in [0.25, 0.3) is 5.69 Å². The second-order valence-electron chi connectivity index (χ2n) is 3.84. The van der Waals surface area contributed by atoms with E-state index in [0.717, 1.165) is 10.9 Å². The first-order valence-electron chi connectivity index (χ1n) is 5.17. The highest BCUT2D eigenvalue weighted by atomic mass is 16.6. The number of aromatic hydroxyl groups is 1. The molecule has 0 fully saturated rings. The Bertz CT molecular complexity index is 677. The Labute approximate surface area is 106 Å². The van der Waals surface area contributed by atoms with Crippen molar-refractivity contribution in [3.63, 3.8) is 0 Å². The zero-order valence-corrected chi connectivity index (χ0v) is 9.77. The molecule has 0 aliphatic rings. The summed E-state index contributed by atoms with van der Waals surface area (Å²) in [5.74, 6) is -1.82. The lowest BCUT2D eigenvalue weighted by Crippen LogP contribution is -2.02. The number of aromatic nitrogens is 2. The van der Waals surface area contributed by atoms with Crippen molar-refractivity contribution in [3.8, 4) is 11.4 Å². The van der Waals surface area contributed by atoms with Gasteiger partial charge in [0.05, 0.1) is 16.8 Å². The topological polar surface area (TPSA) is 118 Å². The minimum atomic E-state index is -1.35. The number of carboxylic acid groups (broad SMARTS) is 1. The van der Waals surface area contributed by atoms with E-state index in [0.29, 0.717) is 11.3 Å². The van der Waals surface area contributed by atoms with Gasteiger partial charge in [-0.2, -0.15) is 5.10 Å². The van der Waals surface area contributed by atoms with E-state index in [9.17, 15) is 20.0 Å². The predicted octanol–water partition coefficient (Wildman–Crippen LogP) is 1.49. The van der Waals surface area contributed by atoms with Gasteiger partial charge in [0.2, 0.25) is 5.69 Å². The molecule has 0 bridgehead atoms. The number of benzene rings is 1. The number of rotatable bonds is 3. The molecule has 2 rings (SSSR count). The third kappa shape index (κ3) is 2.23. The molecular formula is C11H9N3O5. The van der Waals surface area contributed by atoms with Crippen LogP contribution in [0.2, 0.25) is 0 Å². The van der Waals surface area contributed by atoms with Gasteiger partial charge in [-0.15, -0.1) is 0 Å². The van der Waals surface area contributed by atoms with Gasteiger partial charge in [0, 0.05) is 12.1 Å². The van der Waals surface area contributed by atoms with Crippen molar-refractivity contribution < 1.29 is 19.9 Å². The molecule has 0 saturated heterocycles. The maximum Gasteiger partial charge on any atom is 0.360 e. The normalized spacial score (nSPS) is 10.4. The maximum absolute atomic E-state index is 10.8. The smallest absolute Gasteiger partial charge is 0.360 e. The monoisotopic (exact) mass is 263 g/mol. The molecule has 98 valence electrons. The van der Waals surface area contributed by atoms with Crippen LogP contribution < -0.4 is 0 Å². The number of nitro groups is 1. The van der Waals surface area contributed by atoms with Gasteiger partial charge in [-0.05, 0) is 18.6 Å². The molecule has 1 aromatic carbocycles. The summed E-state index contributed by atoms with van der Waals surface area (Å²) in [7, 11) is 0. The zero-order chi connectivity index (χ0) is 14.2. The van der Waals surface area contributed by atoms with E-state index in [-0.39, 0.29) is 5.69 Å². The van der Waals surface area contributed by atoms with Gasteiger partial charge in [0.15, 0.2) is 5.75 Å². The van der Waals surface area contributed by atoms with Gasteiger partial charge in [-0.25, -0.2) is 9.48 Å². The standard InChI is InChI=1S/C11H9N3O5/c1-6-4-7(14(18)19)2-3-8(6)13-5-9(15)10(12-13)11(16)17/h2-5,15H,1H3,(H,16,17). The molecule has 0 spiro atoms. The summed E-state index contributed by atoms with van der Waals surface area (Å²) in [5.41, 5.74) is 0.441. The Morgan fingerprint density at radius 1 is 1.47 bits per heavy atom. The molecule has 8 nitrogen and oxygen atoms in total. The number of carbonyl (C=O) groups is 1. The molecule has 2 aromatic rings. The van der Waals surface area contributed by atoms with Crippen LogP contribution in [0.4, 0.5) is 5.69 Å². The molecular weight excluding hydrogens is 254 g/mol. The Hall–Kier alpha value is -2.90. The molecule has 8 heteroatoms. The van der Waals surface area contributed by atoms with Crippen molar-refractivity contribution in [1.29, 1.82) is 0 Å². The van der Waals surface area contributed by atoms with Crippen molar-refractivity contribution in [1.82, 2.24) is 9.78 Å². The van der Waals surface area contributed by atoms with E-state index in [1.54, 1.807) is 6.92 Å². The van der Waals surface area contributed by atoms with Crippen LogP contribution in [-0.2, 0) is 0 Å². The van der Waals surface area contributed by atoms with Crippen molar-refractivity contribution in [2.75, 3.05) is 0 Å². The van der Waals surface area contributed by atoms with Crippen molar-refractivity contribution in [2.45, 2.75) is 6.92 Å². The van der Waals surface area contributed by atoms with Gasteiger partial charge in [0.1, 0.15) is 0 Å². The van der Waals surface area contributed by atoms with E-state index >= 15 is 0 Å². The fourth-order valence-electron chi connectivity index (χ4n) is 1.65. The summed E-state index contributed by atoms with van der Waals surface area (Å²) in [6.07, 6.45) is 1.14. The van der Waals surface area contributed by atoms with Crippen molar-refractivity contribution in [2.24, 2.45) is 0 Å². The maximum atomic E-state index is 10.8. The Kier molecular flexibility index (Phi) is 2.91. The molecule has 1 heterocycles. The van der Waals surface area contributed by atoms with E-state index < -0.39 is 22.3 Å². The van der Waals surface area contributed by atoms with Crippen LogP contribution in [-0.4, -0.2) is 30.9 Å². The van der Waals surface area contributed by atoms with Crippen LogP contribution in [0.3, 0.4) is 0 Å². The molecule has 0 atom stereocenters. The highest BCUT2D eigenvalue weighted by Gasteiger charge is 2.17. The molecule has 1 aromatic heterocycles. The molecule has 0 unspecified atom stereocenters. The van der Waals surface area contributed by atoms with Gasteiger partial charge < -0.3 is 10.2 Å². The Balaban J connectivity index is 2.50. The first-order chi connectivity index (χ1) is 8.90. The number of nitrogens with zero attached hydrogens (tertiary/aromatic N) is 3. The molecule has 0 radical (unpaired) electrons. The molecule has 0 saturated carbocycles. The van der Waals surface area contributed by atoms with Gasteiger partial charge in [0.25, 0.3) is 5.69 Å². The molecule has 0 aliphatic carbocycles. The second kappa shape index (κ2) is 4.41. The molecule has 0 amide bonds. The number of hydrogen-bond acceptors (Lipinski definition) is 5. The lowest BCUT2D eigenvalue weighted by Gasteiger charge is -2.04. The lowest BCUT2D eigenvalue weighted by atomic mass is 10.2. The Morgan fingerprint density at radius 2 is 2.16 bits per heavy atom. The number of hydrogen-bond donors (Lipinski definition) is 2. The van der Waals surface area contributed by atoms with E-state index in [1.807, 2.05) is 0 Å².